The zero-order valence-corrected chi connectivity index (χ0v) is 18.2. The molecule has 168 valence electrons. The van der Waals surface area contributed by atoms with Crippen molar-refractivity contribution in [3.8, 4) is 0 Å². The van der Waals surface area contributed by atoms with Gasteiger partial charge in [0.15, 0.2) is 15.7 Å². The van der Waals surface area contributed by atoms with Crippen LogP contribution in [0.2, 0.25) is 0 Å². The average Bonchev–Trinajstić information content (AvgIpc) is 2.72. The van der Waals surface area contributed by atoms with E-state index in [-0.39, 0.29) is 28.0 Å². The summed E-state index contributed by atoms with van der Waals surface area (Å²) in [5, 5.41) is 5.90. The first-order valence-electron chi connectivity index (χ1n) is 10.2. The van der Waals surface area contributed by atoms with Crippen LogP contribution in [-0.4, -0.2) is 42.1 Å². The molecule has 2 aromatic rings. The van der Waals surface area contributed by atoms with E-state index in [0.717, 1.165) is 32.1 Å². The molecule has 3 rings (SSSR count). The molecule has 0 atom stereocenters. The zero-order valence-electron chi connectivity index (χ0n) is 17.4. The van der Waals surface area contributed by atoms with Crippen molar-refractivity contribution in [2.75, 3.05) is 22.9 Å². The number of hydrogen-bond acceptors (Lipinski definition) is 8. The van der Waals surface area contributed by atoms with Gasteiger partial charge in [0.05, 0.1) is 10.6 Å². The van der Waals surface area contributed by atoms with E-state index in [4.69, 9.17) is 11.5 Å². The second-order valence-electron chi connectivity index (χ2n) is 7.84. The van der Waals surface area contributed by atoms with Crippen molar-refractivity contribution in [2.24, 2.45) is 11.5 Å². The number of hydrogen-bond donors (Lipinski definition) is 5. The number of benzene rings is 1. The normalized spacial score (nSPS) is 15.9. The number of amides is 1. The van der Waals surface area contributed by atoms with E-state index >= 15 is 0 Å². The molecule has 1 aromatic carbocycles. The molecule has 0 saturated heterocycles. The number of H-pyrrole nitrogens is 1. The van der Waals surface area contributed by atoms with Gasteiger partial charge in [0, 0.05) is 17.8 Å². The van der Waals surface area contributed by atoms with Gasteiger partial charge in [-0.3, -0.25) is 14.6 Å². The van der Waals surface area contributed by atoms with Gasteiger partial charge in [-0.1, -0.05) is 32.3 Å². The lowest BCUT2D eigenvalue weighted by Gasteiger charge is -2.33. The van der Waals surface area contributed by atoms with Crippen molar-refractivity contribution in [2.45, 2.75) is 49.5 Å². The fourth-order valence-electron chi connectivity index (χ4n) is 3.64. The van der Waals surface area contributed by atoms with E-state index in [1.807, 2.05) is 0 Å². The summed E-state index contributed by atoms with van der Waals surface area (Å²) >= 11 is 0. The maximum Gasteiger partial charge on any atom is 0.267 e. The number of carbonyl (C=O) groups is 1. The number of rotatable bonds is 8. The second-order valence-corrected chi connectivity index (χ2v) is 10.1. The van der Waals surface area contributed by atoms with Crippen molar-refractivity contribution in [1.82, 2.24) is 9.97 Å². The molecule has 0 bridgehead atoms. The molecule has 31 heavy (non-hydrogen) atoms. The molecule has 1 heterocycles. The van der Waals surface area contributed by atoms with E-state index in [9.17, 15) is 18.0 Å². The maximum atomic E-state index is 12.5. The minimum atomic E-state index is -3.43. The Labute approximate surface area is 180 Å². The van der Waals surface area contributed by atoms with Crippen LogP contribution < -0.4 is 27.7 Å². The highest BCUT2D eigenvalue weighted by molar-refractivity contribution is 7.91. The van der Waals surface area contributed by atoms with Crippen molar-refractivity contribution in [3.05, 3.63) is 40.2 Å². The largest absolute Gasteiger partial charge is 0.365 e. The smallest absolute Gasteiger partial charge is 0.267 e. The lowest BCUT2D eigenvalue weighted by atomic mass is 9.82. The van der Waals surface area contributed by atoms with Gasteiger partial charge in [-0.25, -0.2) is 8.42 Å². The van der Waals surface area contributed by atoms with Crippen LogP contribution in [-0.2, 0) is 9.84 Å². The number of aromatic amines is 1. The summed E-state index contributed by atoms with van der Waals surface area (Å²) in [7, 11) is -3.43. The van der Waals surface area contributed by atoms with E-state index < -0.39 is 26.8 Å². The molecular weight excluding hydrogens is 420 g/mol. The summed E-state index contributed by atoms with van der Waals surface area (Å²) in [6, 6.07) is 6.05. The lowest BCUT2D eigenvalue weighted by Crippen LogP contribution is -2.48. The number of nitrogens with one attached hydrogen (secondary N) is 3. The number of sulfone groups is 1. The Morgan fingerprint density at radius 3 is 2.61 bits per heavy atom. The Hall–Kier alpha value is -2.92. The second kappa shape index (κ2) is 9.06. The van der Waals surface area contributed by atoms with Crippen LogP contribution in [0.15, 0.2) is 34.0 Å². The Kier molecular flexibility index (Phi) is 6.65. The van der Waals surface area contributed by atoms with Crippen LogP contribution >= 0.6 is 0 Å². The van der Waals surface area contributed by atoms with Crippen LogP contribution in [0.5, 0.6) is 0 Å². The Morgan fingerprint density at radius 1 is 1.26 bits per heavy atom. The SMILES string of the molecule is CCS(=O)(=O)c1cccc(Nc2nc(NCC3(N)CCCCC3)[nH]c(=O)c2C(N)=O)c1. The maximum absolute atomic E-state index is 12.5. The topological polar surface area (TPSA) is 173 Å². The Morgan fingerprint density at radius 2 is 1.97 bits per heavy atom. The molecule has 1 aromatic heterocycles. The van der Waals surface area contributed by atoms with Crippen LogP contribution in [0.3, 0.4) is 0 Å². The standard InChI is InChI=1S/C20H28N6O4S/c1-2-31(29,30)14-8-6-7-13(11-14)24-17-15(16(21)27)18(28)26-19(25-17)23-12-20(22)9-4-3-5-10-20/h6-8,11H,2-5,9-10,12,22H2,1H3,(H2,21,27)(H3,23,24,25,26,28). The van der Waals surface area contributed by atoms with Crippen LogP contribution in [0, 0.1) is 0 Å². The third-order valence-corrected chi connectivity index (χ3v) is 7.19. The summed E-state index contributed by atoms with van der Waals surface area (Å²) in [5.74, 6) is -0.936. The number of nitrogens with zero attached hydrogens (tertiary/aromatic N) is 1. The van der Waals surface area contributed by atoms with E-state index in [1.54, 1.807) is 19.1 Å². The first kappa shape index (κ1) is 22.8. The predicted octanol–water partition coefficient (Wildman–Crippen LogP) is 1.48. The van der Waals surface area contributed by atoms with Crippen molar-refractivity contribution < 1.29 is 13.2 Å². The van der Waals surface area contributed by atoms with Gasteiger partial charge in [-0.05, 0) is 31.0 Å². The number of anilines is 3. The van der Waals surface area contributed by atoms with Gasteiger partial charge in [0.1, 0.15) is 5.56 Å². The summed E-state index contributed by atoms with van der Waals surface area (Å²) < 4.78 is 24.3. The van der Waals surface area contributed by atoms with Crippen molar-refractivity contribution in [3.63, 3.8) is 0 Å². The van der Waals surface area contributed by atoms with Gasteiger partial charge in [0.25, 0.3) is 11.5 Å². The average molecular weight is 449 g/mol. The summed E-state index contributed by atoms with van der Waals surface area (Å²) in [6.45, 7) is 1.96. The number of primary amides is 1. The quantitative estimate of drug-likeness (QED) is 0.404. The molecule has 7 N–H and O–H groups in total. The number of carbonyl (C=O) groups excluding carboxylic acids is 1. The molecule has 1 amide bonds. The molecule has 11 heteroatoms. The van der Waals surface area contributed by atoms with Gasteiger partial charge < -0.3 is 22.1 Å². The predicted molar refractivity (Wildman–Crippen MR) is 119 cm³/mol. The molecule has 0 aliphatic heterocycles. The highest BCUT2D eigenvalue weighted by Gasteiger charge is 2.27. The monoisotopic (exact) mass is 448 g/mol. The minimum absolute atomic E-state index is 0.0544. The third-order valence-electron chi connectivity index (χ3n) is 5.46. The first-order chi connectivity index (χ1) is 14.6. The van der Waals surface area contributed by atoms with E-state index in [1.165, 1.54) is 12.1 Å². The molecule has 0 spiro atoms. The van der Waals surface area contributed by atoms with Crippen LogP contribution in [0.4, 0.5) is 17.5 Å². The summed E-state index contributed by atoms with van der Waals surface area (Å²) in [6.07, 6.45) is 4.99. The molecular formula is C20H28N6O4S. The Bertz CT molecular complexity index is 1120. The van der Waals surface area contributed by atoms with E-state index in [0.29, 0.717) is 12.2 Å². The van der Waals surface area contributed by atoms with Gasteiger partial charge in [0.2, 0.25) is 5.95 Å². The zero-order chi connectivity index (χ0) is 22.6. The van der Waals surface area contributed by atoms with Gasteiger partial charge in [-0.2, -0.15) is 4.98 Å². The van der Waals surface area contributed by atoms with Crippen molar-refractivity contribution in [1.29, 1.82) is 0 Å². The molecule has 0 unspecified atom stereocenters. The fraction of sp³-hybridized carbons (Fsp3) is 0.450. The minimum Gasteiger partial charge on any atom is -0.365 e. The fourth-order valence-corrected chi connectivity index (χ4v) is 4.56. The molecule has 10 nitrogen and oxygen atoms in total. The number of aromatic nitrogens is 2. The molecule has 1 fully saturated rings. The van der Waals surface area contributed by atoms with Crippen LogP contribution in [0.1, 0.15) is 49.4 Å². The molecule has 1 saturated carbocycles. The lowest BCUT2D eigenvalue weighted by molar-refractivity contribution is 0.0999. The molecule has 0 radical (unpaired) electrons. The molecule has 1 aliphatic carbocycles. The summed E-state index contributed by atoms with van der Waals surface area (Å²) in [5.41, 5.74) is 10.7. The number of nitrogens with two attached hydrogens (primary N) is 2. The van der Waals surface area contributed by atoms with Gasteiger partial charge in [-0.15, -0.1) is 0 Å². The summed E-state index contributed by atoms with van der Waals surface area (Å²) in [4.78, 5) is 31.3. The van der Waals surface area contributed by atoms with E-state index in [2.05, 4.69) is 20.6 Å². The van der Waals surface area contributed by atoms with Crippen molar-refractivity contribution >= 4 is 33.2 Å². The highest BCUT2D eigenvalue weighted by Crippen LogP contribution is 2.26. The Balaban J connectivity index is 1.91. The molecule has 1 aliphatic rings. The first-order valence-corrected chi connectivity index (χ1v) is 11.9. The van der Waals surface area contributed by atoms with Crippen LogP contribution in [0.25, 0.3) is 0 Å². The third kappa shape index (κ3) is 5.42. The van der Waals surface area contributed by atoms with Gasteiger partial charge >= 0.3 is 0 Å². The highest BCUT2D eigenvalue weighted by atomic mass is 32.2.